The number of hydrogen-bond donors (Lipinski definition) is 0. The van der Waals surface area contributed by atoms with Gasteiger partial charge in [-0.2, -0.15) is 0 Å². The minimum Gasteiger partial charge on any atom is -0.294 e. The van der Waals surface area contributed by atoms with Gasteiger partial charge in [-0.25, -0.2) is 0 Å². The van der Waals surface area contributed by atoms with Crippen LogP contribution < -0.4 is 0 Å². The van der Waals surface area contributed by atoms with Crippen LogP contribution in [0, 0.1) is 5.41 Å². The fourth-order valence-electron chi connectivity index (χ4n) is 1.26. The van der Waals surface area contributed by atoms with Crippen molar-refractivity contribution in [2.45, 2.75) is 27.7 Å². The van der Waals surface area contributed by atoms with E-state index in [4.69, 9.17) is 0 Å². The number of carbonyl (C=O) groups is 1. The summed E-state index contributed by atoms with van der Waals surface area (Å²) in [5.74, 6) is 0.160. The number of benzene rings is 1. The van der Waals surface area contributed by atoms with Crippen molar-refractivity contribution in [3.8, 4) is 0 Å². The molecule has 1 nitrogen and oxygen atoms in total. The molecule has 1 aromatic carbocycles. The van der Waals surface area contributed by atoms with Crippen LogP contribution in [-0.4, -0.2) is 5.78 Å². The zero-order chi connectivity index (χ0) is 12.9. The second kappa shape index (κ2) is 5.62. The molecule has 0 saturated carbocycles. The Balaban J connectivity index is 2.73. The third kappa shape index (κ3) is 4.81. The Bertz CT molecular complexity index is 430. The van der Waals surface area contributed by atoms with Crippen LogP contribution in [0.15, 0.2) is 48.1 Å². The summed E-state index contributed by atoms with van der Waals surface area (Å²) in [7, 11) is 0. The summed E-state index contributed by atoms with van der Waals surface area (Å²) in [6.45, 7) is 7.74. The fraction of sp³-hybridized carbons (Fsp3) is 0.312. The van der Waals surface area contributed by atoms with E-state index in [0.717, 1.165) is 11.1 Å². The molecule has 0 N–H and O–H groups in total. The Kier molecular flexibility index (Phi) is 4.45. The van der Waals surface area contributed by atoms with Crippen molar-refractivity contribution in [3.63, 3.8) is 0 Å². The molecule has 0 spiro atoms. The van der Waals surface area contributed by atoms with Crippen molar-refractivity contribution in [2.24, 2.45) is 5.41 Å². The van der Waals surface area contributed by atoms with Crippen LogP contribution in [0.1, 0.15) is 33.3 Å². The van der Waals surface area contributed by atoms with E-state index in [1.807, 2.05) is 70.2 Å². The maximum absolute atomic E-state index is 11.8. The quantitative estimate of drug-likeness (QED) is 0.558. The Labute approximate surface area is 104 Å². The molecule has 0 unspecified atom stereocenters. The average molecular weight is 228 g/mol. The van der Waals surface area contributed by atoms with Gasteiger partial charge in [0.25, 0.3) is 0 Å². The maximum Gasteiger partial charge on any atom is 0.161 e. The predicted octanol–water partition coefficient (Wildman–Crippen LogP) is 4.26. The molecule has 0 aromatic heterocycles. The highest BCUT2D eigenvalue weighted by atomic mass is 16.1. The van der Waals surface area contributed by atoms with Gasteiger partial charge in [-0.3, -0.25) is 4.79 Å². The molecule has 0 aliphatic carbocycles. The zero-order valence-corrected chi connectivity index (χ0v) is 11.0. The number of ketones is 1. The van der Waals surface area contributed by atoms with Gasteiger partial charge in [0.2, 0.25) is 0 Å². The number of allylic oxidation sites excluding steroid dienone is 3. The highest BCUT2D eigenvalue weighted by Gasteiger charge is 2.18. The monoisotopic (exact) mass is 228 g/mol. The van der Waals surface area contributed by atoms with Gasteiger partial charge in [0, 0.05) is 5.41 Å². The topological polar surface area (TPSA) is 17.1 Å². The molecule has 0 aliphatic heterocycles. The zero-order valence-electron chi connectivity index (χ0n) is 11.0. The van der Waals surface area contributed by atoms with E-state index in [-0.39, 0.29) is 11.2 Å². The van der Waals surface area contributed by atoms with Crippen LogP contribution >= 0.6 is 0 Å². The minimum atomic E-state index is -0.304. The first-order valence-corrected chi connectivity index (χ1v) is 5.85. The summed E-state index contributed by atoms with van der Waals surface area (Å²) in [6, 6.07) is 10.1. The van der Waals surface area contributed by atoms with Gasteiger partial charge >= 0.3 is 0 Å². The standard InChI is InChI=1S/C16H20O/c1-13(12-15(17)16(2,3)4)10-11-14-8-6-5-7-9-14/h5-12H,1-4H3/b11-10+,13-12-. The van der Waals surface area contributed by atoms with Crippen molar-refractivity contribution >= 4 is 11.9 Å². The summed E-state index contributed by atoms with van der Waals surface area (Å²) in [4.78, 5) is 11.8. The molecule has 90 valence electrons. The van der Waals surface area contributed by atoms with Crippen LogP contribution in [-0.2, 0) is 4.79 Å². The highest BCUT2D eigenvalue weighted by Crippen LogP contribution is 2.16. The molecular weight excluding hydrogens is 208 g/mol. The Morgan fingerprint density at radius 3 is 2.24 bits per heavy atom. The van der Waals surface area contributed by atoms with Crippen molar-refractivity contribution < 1.29 is 4.79 Å². The van der Waals surface area contributed by atoms with Gasteiger partial charge in [0.1, 0.15) is 0 Å². The lowest BCUT2D eigenvalue weighted by Crippen LogP contribution is -2.17. The lowest BCUT2D eigenvalue weighted by atomic mass is 9.90. The molecule has 0 aliphatic rings. The summed E-state index contributed by atoms with van der Waals surface area (Å²) >= 11 is 0. The Morgan fingerprint density at radius 1 is 1.12 bits per heavy atom. The first-order valence-electron chi connectivity index (χ1n) is 5.85. The maximum atomic E-state index is 11.8. The molecule has 0 atom stereocenters. The lowest BCUT2D eigenvalue weighted by molar-refractivity contribution is -0.121. The van der Waals surface area contributed by atoms with Gasteiger partial charge < -0.3 is 0 Å². The van der Waals surface area contributed by atoms with Gasteiger partial charge in [0.05, 0.1) is 0 Å². The van der Waals surface area contributed by atoms with Crippen LogP contribution in [0.3, 0.4) is 0 Å². The molecule has 0 amide bonds. The third-order valence-corrected chi connectivity index (χ3v) is 2.44. The average Bonchev–Trinajstić information content (AvgIpc) is 2.26. The van der Waals surface area contributed by atoms with E-state index >= 15 is 0 Å². The van der Waals surface area contributed by atoms with Gasteiger partial charge in [-0.1, -0.05) is 63.3 Å². The Hall–Kier alpha value is -1.63. The number of rotatable bonds is 3. The van der Waals surface area contributed by atoms with Crippen LogP contribution in [0.25, 0.3) is 6.08 Å². The first-order chi connectivity index (χ1) is 7.89. The minimum absolute atomic E-state index is 0.160. The van der Waals surface area contributed by atoms with Crippen molar-refractivity contribution in [1.29, 1.82) is 0 Å². The van der Waals surface area contributed by atoms with Crippen LogP contribution in [0.2, 0.25) is 0 Å². The SMILES string of the molecule is CC(=C/C(=O)C(C)(C)C)/C=C/c1ccccc1. The van der Waals surface area contributed by atoms with E-state index in [0.29, 0.717) is 0 Å². The molecule has 0 heterocycles. The second-order valence-corrected chi connectivity index (χ2v) is 5.25. The molecule has 17 heavy (non-hydrogen) atoms. The van der Waals surface area contributed by atoms with E-state index in [1.54, 1.807) is 6.08 Å². The lowest BCUT2D eigenvalue weighted by Gasteiger charge is -2.13. The van der Waals surface area contributed by atoms with E-state index in [9.17, 15) is 4.79 Å². The van der Waals surface area contributed by atoms with Crippen molar-refractivity contribution in [1.82, 2.24) is 0 Å². The highest BCUT2D eigenvalue weighted by molar-refractivity contribution is 5.94. The number of carbonyl (C=O) groups excluding carboxylic acids is 1. The van der Waals surface area contributed by atoms with Crippen molar-refractivity contribution in [3.05, 3.63) is 53.6 Å². The number of hydrogen-bond acceptors (Lipinski definition) is 1. The molecule has 1 aromatic rings. The summed E-state index contributed by atoms with van der Waals surface area (Å²) in [5.41, 5.74) is 1.82. The predicted molar refractivity (Wildman–Crippen MR) is 73.7 cm³/mol. The van der Waals surface area contributed by atoms with Crippen molar-refractivity contribution in [2.75, 3.05) is 0 Å². The van der Waals surface area contributed by atoms with E-state index < -0.39 is 0 Å². The largest absolute Gasteiger partial charge is 0.294 e. The van der Waals surface area contributed by atoms with Gasteiger partial charge in [-0.05, 0) is 24.1 Å². The second-order valence-electron chi connectivity index (χ2n) is 5.25. The summed E-state index contributed by atoms with van der Waals surface area (Å²) in [6.07, 6.45) is 5.69. The normalized spacial score (nSPS) is 13.1. The molecule has 1 heteroatoms. The molecule has 0 bridgehead atoms. The summed E-state index contributed by atoms with van der Waals surface area (Å²) in [5, 5.41) is 0. The fourth-order valence-corrected chi connectivity index (χ4v) is 1.26. The van der Waals surface area contributed by atoms with E-state index in [1.165, 1.54) is 0 Å². The summed E-state index contributed by atoms with van der Waals surface area (Å²) < 4.78 is 0. The van der Waals surface area contributed by atoms with E-state index in [2.05, 4.69) is 0 Å². The van der Waals surface area contributed by atoms with Gasteiger partial charge in [0.15, 0.2) is 5.78 Å². The molecule has 1 rings (SSSR count). The molecule has 0 radical (unpaired) electrons. The van der Waals surface area contributed by atoms with Gasteiger partial charge in [-0.15, -0.1) is 0 Å². The Morgan fingerprint density at radius 2 is 1.71 bits per heavy atom. The molecule has 0 saturated heterocycles. The molecule has 0 fully saturated rings. The van der Waals surface area contributed by atoms with Crippen LogP contribution in [0.5, 0.6) is 0 Å². The first kappa shape index (κ1) is 13.4. The smallest absolute Gasteiger partial charge is 0.161 e. The van der Waals surface area contributed by atoms with Crippen LogP contribution in [0.4, 0.5) is 0 Å². The third-order valence-electron chi connectivity index (χ3n) is 2.44. The molecular formula is C16H20O.